The van der Waals surface area contributed by atoms with E-state index in [1.54, 1.807) is 0 Å². The SMILES string of the molecule is CCCCCCCCCCCC(=O)OC[C@@H](COC(=O)CCCCCCCCCCCC(C)C)OC(=O)CCCCCCCCCCC(C)CC. The summed E-state index contributed by atoms with van der Waals surface area (Å²) < 4.78 is 16.7. The van der Waals surface area contributed by atoms with Gasteiger partial charge >= 0.3 is 17.9 Å². The van der Waals surface area contributed by atoms with E-state index in [1.165, 1.54) is 128 Å². The van der Waals surface area contributed by atoms with E-state index < -0.39 is 6.10 Å². The molecule has 0 aromatic carbocycles. The minimum absolute atomic E-state index is 0.0657. The lowest BCUT2D eigenvalue weighted by Gasteiger charge is -2.18. The normalized spacial score (nSPS) is 12.6. The first-order valence-electron chi connectivity index (χ1n) is 22.3. The maximum absolute atomic E-state index is 12.7. The topological polar surface area (TPSA) is 78.9 Å². The summed E-state index contributed by atoms with van der Waals surface area (Å²) in [6.07, 6.45) is 35.1. The monoisotopic (exact) mass is 723 g/mol. The number of ether oxygens (including phenoxy) is 3. The zero-order valence-corrected chi connectivity index (χ0v) is 34.7. The standard InChI is InChI=1S/C45H86O6/c1-6-8-9-10-11-13-20-25-30-35-43(46)49-38-42(51-45(48)37-32-27-22-17-16-19-24-29-34-41(5)7-2)39-50-44(47)36-31-26-21-15-12-14-18-23-28-33-40(3)4/h40-42H,6-39H2,1-5H3/t41?,42-/m0/s1. The Labute approximate surface area is 317 Å². The Morgan fingerprint density at radius 3 is 1.12 bits per heavy atom. The highest BCUT2D eigenvalue weighted by atomic mass is 16.6. The molecule has 6 nitrogen and oxygen atoms in total. The number of carbonyl (C=O) groups excluding carboxylic acids is 3. The number of hydrogen-bond donors (Lipinski definition) is 0. The van der Waals surface area contributed by atoms with Gasteiger partial charge in [-0.3, -0.25) is 14.4 Å². The van der Waals surface area contributed by atoms with Gasteiger partial charge in [-0.1, -0.05) is 202 Å². The largest absolute Gasteiger partial charge is 0.462 e. The summed E-state index contributed by atoms with van der Waals surface area (Å²) >= 11 is 0. The Morgan fingerprint density at radius 1 is 0.412 bits per heavy atom. The van der Waals surface area contributed by atoms with E-state index in [4.69, 9.17) is 14.2 Å². The third kappa shape index (κ3) is 38.0. The first-order valence-corrected chi connectivity index (χ1v) is 22.3. The van der Waals surface area contributed by atoms with Crippen LogP contribution < -0.4 is 0 Å². The molecule has 0 N–H and O–H groups in total. The summed E-state index contributed by atoms with van der Waals surface area (Å²) in [7, 11) is 0. The van der Waals surface area contributed by atoms with E-state index in [1.807, 2.05) is 0 Å². The summed E-state index contributed by atoms with van der Waals surface area (Å²) in [5.74, 6) is 0.790. The molecule has 0 aliphatic heterocycles. The lowest BCUT2D eigenvalue weighted by Crippen LogP contribution is -2.30. The third-order valence-electron chi connectivity index (χ3n) is 10.3. The minimum Gasteiger partial charge on any atom is -0.462 e. The molecular formula is C45H86O6. The van der Waals surface area contributed by atoms with Gasteiger partial charge in [0.2, 0.25) is 0 Å². The highest BCUT2D eigenvalue weighted by Crippen LogP contribution is 2.17. The Balaban J connectivity index is 4.35. The summed E-state index contributed by atoms with van der Waals surface area (Å²) in [5.41, 5.74) is 0. The van der Waals surface area contributed by atoms with Crippen LogP contribution in [-0.4, -0.2) is 37.2 Å². The van der Waals surface area contributed by atoms with Gasteiger partial charge < -0.3 is 14.2 Å². The highest BCUT2D eigenvalue weighted by Gasteiger charge is 2.19. The van der Waals surface area contributed by atoms with Gasteiger partial charge in [0.15, 0.2) is 6.10 Å². The van der Waals surface area contributed by atoms with Crippen LogP contribution in [0.3, 0.4) is 0 Å². The van der Waals surface area contributed by atoms with Crippen LogP contribution in [0.1, 0.15) is 240 Å². The third-order valence-corrected chi connectivity index (χ3v) is 10.3. The molecular weight excluding hydrogens is 636 g/mol. The van der Waals surface area contributed by atoms with Crippen molar-refractivity contribution in [2.75, 3.05) is 13.2 Å². The molecule has 2 atom stereocenters. The molecule has 0 spiro atoms. The van der Waals surface area contributed by atoms with E-state index in [0.29, 0.717) is 19.3 Å². The molecule has 0 radical (unpaired) electrons. The van der Waals surface area contributed by atoms with Gasteiger partial charge in [0, 0.05) is 19.3 Å². The molecule has 0 aliphatic rings. The van der Waals surface area contributed by atoms with Crippen LogP contribution >= 0.6 is 0 Å². The first-order chi connectivity index (χ1) is 24.8. The number of esters is 3. The van der Waals surface area contributed by atoms with Crippen molar-refractivity contribution in [1.29, 1.82) is 0 Å². The predicted octanol–water partition coefficient (Wildman–Crippen LogP) is 13.8. The molecule has 0 rings (SSSR count). The molecule has 1 unspecified atom stereocenters. The van der Waals surface area contributed by atoms with Gasteiger partial charge in [0.05, 0.1) is 0 Å². The lowest BCUT2D eigenvalue weighted by atomic mass is 9.99. The van der Waals surface area contributed by atoms with Gasteiger partial charge in [0.1, 0.15) is 13.2 Å². The summed E-state index contributed by atoms with van der Waals surface area (Å²) in [4.78, 5) is 37.6. The van der Waals surface area contributed by atoms with E-state index in [9.17, 15) is 14.4 Å². The van der Waals surface area contributed by atoms with Crippen LogP contribution in [0.2, 0.25) is 0 Å². The second-order valence-corrected chi connectivity index (χ2v) is 16.1. The molecule has 0 aromatic rings. The molecule has 0 saturated heterocycles. The fourth-order valence-electron chi connectivity index (χ4n) is 6.54. The number of hydrogen-bond acceptors (Lipinski definition) is 6. The second kappa shape index (κ2) is 38.1. The summed E-state index contributed by atoms with van der Waals surface area (Å²) in [6, 6.07) is 0. The average molecular weight is 723 g/mol. The molecule has 0 aliphatic carbocycles. The zero-order chi connectivity index (χ0) is 37.6. The second-order valence-electron chi connectivity index (χ2n) is 16.1. The molecule has 0 saturated carbocycles. The molecule has 0 aromatic heterocycles. The zero-order valence-electron chi connectivity index (χ0n) is 34.7. The van der Waals surface area contributed by atoms with E-state index in [2.05, 4.69) is 34.6 Å². The summed E-state index contributed by atoms with van der Waals surface area (Å²) in [5, 5.41) is 0. The van der Waals surface area contributed by atoms with Gasteiger partial charge in [0.25, 0.3) is 0 Å². The van der Waals surface area contributed by atoms with Gasteiger partial charge in [-0.15, -0.1) is 0 Å². The number of rotatable bonds is 39. The molecule has 0 bridgehead atoms. The highest BCUT2D eigenvalue weighted by molar-refractivity contribution is 5.71. The van der Waals surface area contributed by atoms with E-state index >= 15 is 0 Å². The first kappa shape index (κ1) is 49.4. The smallest absolute Gasteiger partial charge is 0.306 e. The van der Waals surface area contributed by atoms with Crippen molar-refractivity contribution in [3.63, 3.8) is 0 Å². The molecule has 0 amide bonds. The minimum atomic E-state index is -0.760. The average Bonchev–Trinajstić information content (AvgIpc) is 3.11. The van der Waals surface area contributed by atoms with Crippen LogP contribution in [0.4, 0.5) is 0 Å². The van der Waals surface area contributed by atoms with Crippen LogP contribution in [0.25, 0.3) is 0 Å². The van der Waals surface area contributed by atoms with Gasteiger partial charge in [-0.2, -0.15) is 0 Å². The maximum Gasteiger partial charge on any atom is 0.306 e. The van der Waals surface area contributed by atoms with Crippen LogP contribution in [-0.2, 0) is 28.6 Å². The van der Waals surface area contributed by atoms with Crippen LogP contribution in [0.5, 0.6) is 0 Å². The van der Waals surface area contributed by atoms with Gasteiger partial charge in [-0.25, -0.2) is 0 Å². The van der Waals surface area contributed by atoms with E-state index in [0.717, 1.165) is 69.6 Å². The van der Waals surface area contributed by atoms with Crippen LogP contribution in [0, 0.1) is 11.8 Å². The summed E-state index contributed by atoms with van der Waals surface area (Å²) in [6.45, 7) is 11.3. The van der Waals surface area contributed by atoms with Crippen molar-refractivity contribution in [2.24, 2.45) is 11.8 Å². The maximum atomic E-state index is 12.7. The Hall–Kier alpha value is -1.59. The molecule has 302 valence electrons. The predicted molar refractivity (Wildman–Crippen MR) is 215 cm³/mol. The Bertz CT molecular complexity index is 781. The quantitative estimate of drug-likeness (QED) is 0.0357. The van der Waals surface area contributed by atoms with Crippen molar-refractivity contribution >= 4 is 17.9 Å². The Morgan fingerprint density at radius 2 is 0.745 bits per heavy atom. The fraction of sp³-hybridized carbons (Fsp3) is 0.933. The van der Waals surface area contributed by atoms with Crippen molar-refractivity contribution in [2.45, 2.75) is 246 Å². The van der Waals surface area contributed by atoms with Crippen LogP contribution in [0.15, 0.2) is 0 Å². The number of unbranched alkanes of at least 4 members (excludes halogenated alkanes) is 23. The molecule has 51 heavy (non-hydrogen) atoms. The lowest BCUT2D eigenvalue weighted by molar-refractivity contribution is -0.167. The molecule has 6 heteroatoms. The van der Waals surface area contributed by atoms with Crippen molar-refractivity contribution in [3.05, 3.63) is 0 Å². The van der Waals surface area contributed by atoms with Gasteiger partial charge in [-0.05, 0) is 31.1 Å². The van der Waals surface area contributed by atoms with E-state index in [-0.39, 0.29) is 31.1 Å². The molecule has 0 fully saturated rings. The van der Waals surface area contributed by atoms with Crippen molar-refractivity contribution < 1.29 is 28.6 Å². The Kier molecular flexibility index (Phi) is 37.0. The van der Waals surface area contributed by atoms with Crippen molar-refractivity contribution in [1.82, 2.24) is 0 Å². The fourth-order valence-corrected chi connectivity index (χ4v) is 6.54. The van der Waals surface area contributed by atoms with Crippen molar-refractivity contribution in [3.8, 4) is 0 Å². The molecule has 0 heterocycles. The number of carbonyl (C=O) groups is 3.